The first-order chi connectivity index (χ1) is 12.0. The number of hydrogen-bond acceptors (Lipinski definition) is 5. The highest BCUT2D eigenvalue weighted by Gasteiger charge is 2.27. The second-order valence-electron chi connectivity index (χ2n) is 5.30. The number of hydrogen-bond donors (Lipinski definition) is 3. The lowest BCUT2D eigenvalue weighted by Crippen LogP contribution is -2.38. The van der Waals surface area contributed by atoms with Crippen molar-refractivity contribution in [3.05, 3.63) is 52.5 Å². The molecule has 0 aromatic heterocycles. The molecule has 0 bridgehead atoms. The Morgan fingerprint density at radius 2 is 2.00 bits per heavy atom. The molecule has 2 aromatic rings. The van der Waals surface area contributed by atoms with Crippen LogP contribution in [0.3, 0.4) is 0 Å². The van der Waals surface area contributed by atoms with Crippen LogP contribution in [-0.2, 0) is 4.79 Å². The van der Waals surface area contributed by atoms with E-state index in [9.17, 15) is 9.59 Å². The number of carbonyl (C=O) groups excluding carboxylic acids is 1. The maximum Gasteiger partial charge on any atom is 0.341 e. The SMILES string of the molecule is COc1cc(C2NC(=O)c3ccccc3N2)c(Cl)cc1OCC(=O)O. The van der Waals surface area contributed by atoms with Crippen molar-refractivity contribution in [2.24, 2.45) is 0 Å². The third-order valence-electron chi connectivity index (χ3n) is 3.69. The quantitative estimate of drug-likeness (QED) is 0.756. The Hall–Kier alpha value is -2.93. The molecule has 1 atom stereocenters. The highest BCUT2D eigenvalue weighted by atomic mass is 35.5. The fraction of sp³-hybridized carbons (Fsp3) is 0.176. The third kappa shape index (κ3) is 3.46. The Bertz CT molecular complexity index is 840. The summed E-state index contributed by atoms with van der Waals surface area (Å²) in [7, 11) is 1.43. The normalized spacial score (nSPS) is 15.6. The molecule has 1 aliphatic heterocycles. The van der Waals surface area contributed by atoms with Gasteiger partial charge in [-0.05, 0) is 18.2 Å². The molecule has 7 nitrogen and oxygen atoms in total. The maximum absolute atomic E-state index is 12.3. The summed E-state index contributed by atoms with van der Waals surface area (Å²) in [6, 6.07) is 10.2. The van der Waals surface area contributed by atoms with Crippen molar-refractivity contribution in [1.29, 1.82) is 0 Å². The van der Waals surface area contributed by atoms with E-state index in [2.05, 4.69) is 10.6 Å². The predicted octanol–water partition coefficient (Wildman–Crippen LogP) is 2.67. The lowest BCUT2D eigenvalue weighted by Gasteiger charge is -2.29. The standard InChI is InChI=1S/C17H15ClN2O5/c1-24-13-6-10(11(18)7-14(13)25-8-15(21)22)16-19-12-5-3-2-4-9(12)17(23)20-16/h2-7,16,19H,8H2,1H3,(H,20,23)(H,21,22). The smallest absolute Gasteiger partial charge is 0.341 e. The van der Waals surface area contributed by atoms with Crippen LogP contribution in [0.15, 0.2) is 36.4 Å². The molecule has 8 heteroatoms. The predicted molar refractivity (Wildman–Crippen MR) is 91.4 cm³/mol. The van der Waals surface area contributed by atoms with Gasteiger partial charge in [0, 0.05) is 17.3 Å². The number of aliphatic carboxylic acids is 1. The molecule has 25 heavy (non-hydrogen) atoms. The highest BCUT2D eigenvalue weighted by Crippen LogP contribution is 2.37. The maximum atomic E-state index is 12.3. The van der Waals surface area contributed by atoms with Gasteiger partial charge in [0.25, 0.3) is 5.91 Å². The van der Waals surface area contributed by atoms with E-state index >= 15 is 0 Å². The number of ether oxygens (including phenoxy) is 2. The van der Waals surface area contributed by atoms with Crippen molar-refractivity contribution in [3.8, 4) is 11.5 Å². The molecule has 1 amide bonds. The number of carboxylic acids is 1. The number of anilines is 1. The van der Waals surface area contributed by atoms with Gasteiger partial charge in [-0.25, -0.2) is 4.79 Å². The molecule has 0 fully saturated rings. The number of carbonyl (C=O) groups is 2. The second kappa shape index (κ2) is 6.90. The number of fused-ring (bicyclic) bond motifs is 1. The lowest BCUT2D eigenvalue weighted by molar-refractivity contribution is -0.139. The summed E-state index contributed by atoms with van der Waals surface area (Å²) in [4.78, 5) is 22.9. The van der Waals surface area contributed by atoms with Crippen molar-refractivity contribution in [3.63, 3.8) is 0 Å². The van der Waals surface area contributed by atoms with E-state index in [0.717, 1.165) is 0 Å². The van der Waals surface area contributed by atoms with Crippen molar-refractivity contribution in [2.45, 2.75) is 6.17 Å². The van der Waals surface area contributed by atoms with E-state index in [1.54, 1.807) is 24.3 Å². The Morgan fingerprint density at radius 1 is 1.24 bits per heavy atom. The Balaban J connectivity index is 1.93. The van der Waals surface area contributed by atoms with Gasteiger partial charge in [0.15, 0.2) is 18.1 Å². The molecule has 0 radical (unpaired) electrons. The Labute approximate surface area is 148 Å². The average Bonchev–Trinajstić information content (AvgIpc) is 2.60. The number of halogens is 1. The van der Waals surface area contributed by atoms with Crippen LogP contribution in [0, 0.1) is 0 Å². The van der Waals surface area contributed by atoms with Gasteiger partial charge in [0.1, 0.15) is 6.17 Å². The summed E-state index contributed by atoms with van der Waals surface area (Å²) in [5.41, 5.74) is 1.81. The van der Waals surface area contributed by atoms with Gasteiger partial charge < -0.3 is 25.2 Å². The van der Waals surface area contributed by atoms with Crippen LogP contribution in [0.2, 0.25) is 5.02 Å². The highest BCUT2D eigenvalue weighted by molar-refractivity contribution is 6.31. The van der Waals surface area contributed by atoms with Gasteiger partial charge >= 0.3 is 5.97 Å². The number of benzene rings is 2. The third-order valence-corrected chi connectivity index (χ3v) is 4.02. The van der Waals surface area contributed by atoms with E-state index in [1.165, 1.54) is 13.2 Å². The van der Waals surface area contributed by atoms with Crippen LogP contribution >= 0.6 is 11.6 Å². The molecule has 2 aromatic carbocycles. The van der Waals surface area contributed by atoms with Crippen molar-refractivity contribution in [1.82, 2.24) is 5.32 Å². The van der Waals surface area contributed by atoms with Crippen LogP contribution in [0.25, 0.3) is 0 Å². The van der Waals surface area contributed by atoms with E-state index < -0.39 is 18.7 Å². The molecule has 0 spiro atoms. The monoisotopic (exact) mass is 362 g/mol. The minimum Gasteiger partial charge on any atom is -0.493 e. The van der Waals surface area contributed by atoms with Gasteiger partial charge in [-0.15, -0.1) is 0 Å². The zero-order valence-corrected chi connectivity index (χ0v) is 14.0. The number of methoxy groups -OCH3 is 1. The number of para-hydroxylation sites is 1. The molecule has 1 aliphatic rings. The molecule has 3 N–H and O–H groups in total. The Kier molecular flexibility index (Phi) is 4.67. The molecule has 3 rings (SSSR count). The minimum absolute atomic E-state index is 0.209. The second-order valence-corrected chi connectivity index (χ2v) is 5.71. The van der Waals surface area contributed by atoms with E-state index in [4.69, 9.17) is 26.2 Å². The molecule has 0 aliphatic carbocycles. The van der Waals surface area contributed by atoms with Crippen LogP contribution in [0.1, 0.15) is 22.1 Å². The van der Waals surface area contributed by atoms with Crippen LogP contribution in [0.4, 0.5) is 5.69 Å². The first kappa shape index (κ1) is 16.9. The minimum atomic E-state index is -1.11. The fourth-order valence-corrected chi connectivity index (χ4v) is 2.81. The topological polar surface area (TPSA) is 96.9 Å². The van der Waals surface area contributed by atoms with Crippen LogP contribution < -0.4 is 20.1 Å². The van der Waals surface area contributed by atoms with Crippen molar-refractivity contribution >= 4 is 29.2 Å². The first-order valence-corrected chi connectivity index (χ1v) is 7.76. The van der Waals surface area contributed by atoms with Gasteiger partial charge in [0.2, 0.25) is 0 Å². The Morgan fingerprint density at radius 3 is 2.72 bits per heavy atom. The van der Waals surface area contributed by atoms with Gasteiger partial charge in [-0.2, -0.15) is 0 Å². The van der Waals surface area contributed by atoms with Crippen LogP contribution in [0.5, 0.6) is 11.5 Å². The first-order valence-electron chi connectivity index (χ1n) is 7.38. The van der Waals surface area contributed by atoms with E-state index in [1.807, 2.05) is 6.07 Å². The van der Waals surface area contributed by atoms with E-state index in [0.29, 0.717) is 27.6 Å². The molecule has 0 saturated heterocycles. The molecule has 1 unspecified atom stereocenters. The van der Waals surface area contributed by atoms with Gasteiger partial charge in [-0.3, -0.25) is 4.79 Å². The molecular formula is C17H15ClN2O5. The number of carboxylic acid groups (broad SMARTS) is 1. The number of amides is 1. The van der Waals surface area contributed by atoms with Crippen molar-refractivity contribution in [2.75, 3.05) is 19.0 Å². The molecule has 0 saturated carbocycles. The summed E-state index contributed by atoms with van der Waals surface area (Å²) in [5, 5.41) is 15.1. The van der Waals surface area contributed by atoms with Crippen molar-refractivity contribution < 1.29 is 24.2 Å². The van der Waals surface area contributed by atoms with E-state index in [-0.39, 0.29) is 11.7 Å². The summed E-state index contributed by atoms with van der Waals surface area (Å²) in [6.45, 7) is -0.516. The number of nitrogens with one attached hydrogen (secondary N) is 2. The van der Waals surface area contributed by atoms with Gasteiger partial charge in [0.05, 0.1) is 17.7 Å². The molecule has 1 heterocycles. The van der Waals surface area contributed by atoms with Gasteiger partial charge in [-0.1, -0.05) is 23.7 Å². The number of rotatable bonds is 5. The molecular weight excluding hydrogens is 348 g/mol. The lowest BCUT2D eigenvalue weighted by atomic mass is 10.1. The zero-order chi connectivity index (χ0) is 18.0. The fourth-order valence-electron chi connectivity index (χ4n) is 2.55. The summed E-state index contributed by atoms with van der Waals surface area (Å²) in [5.74, 6) is -0.808. The zero-order valence-electron chi connectivity index (χ0n) is 13.2. The summed E-state index contributed by atoms with van der Waals surface area (Å²) in [6.07, 6.45) is -0.558. The summed E-state index contributed by atoms with van der Waals surface area (Å²) >= 11 is 6.31. The summed E-state index contributed by atoms with van der Waals surface area (Å²) < 4.78 is 10.4. The average molecular weight is 363 g/mol. The van der Waals surface area contributed by atoms with Crippen LogP contribution in [-0.4, -0.2) is 30.7 Å². The molecule has 130 valence electrons. The largest absolute Gasteiger partial charge is 0.493 e.